The van der Waals surface area contributed by atoms with Crippen molar-refractivity contribution in [2.24, 2.45) is 0 Å². The first-order valence-electron chi connectivity index (χ1n) is 6.78. The van der Waals surface area contributed by atoms with Gasteiger partial charge in [-0.15, -0.1) is 0 Å². The van der Waals surface area contributed by atoms with Crippen molar-refractivity contribution in [3.05, 3.63) is 53.5 Å². The van der Waals surface area contributed by atoms with Crippen LogP contribution >= 0.6 is 0 Å². The van der Waals surface area contributed by atoms with Gasteiger partial charge in [-0.25, -0.2) is 4.79 Å². The molecule has 0 N–H and O–H groups in total. The summed E-state index contributed by atoms with van der Waals surface area (Å²) in [5.41, 5.74) is 2.63. The number of hydrogen-bond donors (Lipinski definition) is 0. The first-order chi connectivity index (χ1) is 9.78. The number of benzene rings is 1. The maximum atomic E-state index is 11.4. The van der Waals surface area contributed by atoms with Gasteiger partial charge in [0.25, 0.3) is 0 Å². The van der Waals surface area contributed by atoms with Crippen LogP contribution in [-0.4, -0.2) is 19.6 Å². The zero-order chi connectivity index (χ0) is 13.9. The van der Waals surface area contributed by atoms with E-state index in [1.165, 1.54) is 18.4 Å². The summed E-state index contributed by atoms with van der Waals surface area (Å²) in [6, 6.07) is 11.9. The van der Waals surface area contributed by atoms with Crippen molar-refractivity contribution in [1.82, 2.24) is 0 Å². The lowest BCUT2D eigenvalue weighted by molar-refractivity contribution is 0.0563. The molecule has 0 bridgehead atoms. The SMILES string of the molecule is COC(=O)c1ccc(CN2CCCc3ccccc32)o1. The van der Waals surface area contributed by atoms with Crippen molar-refractivity contribution in [1.29, 1.82) is 0 Å². The molecule has 0 saturated heterocycles. The van der Waals surface area contributed by atoms with Crippen molar-refractivity contribution in [3.8, 4) is 0 Å². The fourth-order valence-corrected chi connectivity index (χ4v) is 2.64. The van der Waals surface area contributed by atoms with Gasteiger partial charge in [-0.05, 0) is 36.6 Å². The van der Waals surface area contributed by atoms with Crippen LogP contribution < -0.4 is 4.90 Å². The van der Waals surface area contributed by atoms with Gasteiger partial charge >= 0.3 is 5.97 Å². The van der Waals surface area contributed by atoms with Crippen LogP contribution in [-0.2, 0) is 17.7 Å². The Hall–Kier alpha value is -2.23. The van der Waals surface area contributed by atoms with E-state index in [-0.39, 0.29) is 5.76 Å². The largest absolute Gasteiger partial charge is 0.463 e. The van der Waals surface area contributed by atoms with E-state index >= 15 is 0 Å². The third-order valence-corrected chi connectivity index (χ3v) is 3.60. The number of esters is 1. The Kier molecular flexibility index (Phi) is 3.46. The number of furan rings is 1. The quantitative estimate of drug-likeness (QED) is 0.805. The number of nitrogens with zero attached hydrogens (tertiary/aromatic N) is 1. The molecule has 20 heavy (non-hydrogen) atoms. The molecule has 0 atom stereocenters. The molecule has 0 saturated carbocycles. The van der Waals surface area contributed by atoms with Crippen LogP contribution in [0.25, 0.3) is 0 Å². The lowest BCUT2D eigenvalue weighted by Crippen LogP contribution is -2.28. The molecule has 0 aliphatic carbocycles. The lowest BCUT2D eigenvalue weighted by atomic mass is 10.0. The lowest BCUT2D eigenvalue weighted by Gasteiger charge is -2.30. The highest BCUT2D eigenvalue weighted by molar-refractivity contribution is 5.86. The summed E-state index contributed by atoms with van der Waals surface area (Å²) >= 11 is 0. The van der Waals surface area contributed by atoms with Crippen LogP contribution in [0.4, 0.5) is 5.69 Å². The highest BCUT2D eigenvalue weighted by Crippen LogP contribution is 2.28. The second-order valence-corrected chi connectivity index (χ2v) is 4.91. The highest BCUT2D eigenvalue weighted by atomic mass is 16.5. The number of fused-ring (bicyclic) bond motifs is 1. The smallest absolute Gasteiger partial charge is 0.373 e. The molecule has 2 aromatic rings. The average Bonchev–Trinajstić information content (AvgIpc) is 2.95. The minimum absolute atomic E-state index is 0.257. The van der Waals surface area contributed by atoms with Crippen LogP contribution in [0.5, 0.6) is 0 Å². The number of methoxy groups -OCH3 is 1. The Labute approximate surface area is 118 Å². The van der Waals surface area contributed by atoms with Crippen LogP contribution in [0, 0.1) is 0 Å². The van der Waals surface area contributed by atoms with Crippen molar-refractivity contribution >= 4 is 11.7 Å². The Balaban J connectivity index is 1.79. The Bertz CT molecular complexity index is 618. The molecule has 1 aromatic carbocycles. The third-order valence-electron chi connectivity index (χ3n) is 3.60. The molecule has 3 rings (SSSR count). The van der Waals surface area contributed by atoms with Gasteiger partial charge in [-0.1, -0.05) is 18.2 Å². The maximum Gasteiger partial charge on any atom is 0.373 e. The summed E-state index contributed by atoms with van der Waals surface area (Å²) in [7, 11) is 1.35. The second-order valence-electron chi connectivity index (χ2n) is 4.91. The Morgan fingerprint density at radius 2 is 2.15 bits per heavy atom. The van der Waals surface area contributed by atoms with Crippen molar-refractivity contribution < 1.29 is 13.9 Å². The van der Waals surface area contributed by atoms with E-state index in [1.54, 1.807) is 6.07 Å². The first-order valence-corrected chi connectivity index (χ1v) is 6.78. The minimum Gasteiger partial charge on any atom is -0.463 e. The van der Waals surface area contributed by atoms with Gasteiger partial charge in [0.15, 0.2) is 0 Å². The zero-order valence-electron chi connectivity index (χ0n) is 11.5. The molecular weight excluding hydrogens is 254 g/mol. The number of anilines is 1. The summed E-state index contributed by atoms with van der Waals surface area (Å²) < 4.78 is 10.2. The Morgan fingerprint density at radius 1 is 1.30 bits per heavy atom. The fraction of sp³-hybridized carbons (Fsp3) is 0.312. The molecule has 1 aliphatic heterocycles. The molecule has 0 radical (unpaired) electrons. The van der Waals surface area contributed by atoms with Crippen LogP contribution in [0.3, 0.4) is 0 Å². The molecule has 104 valence electrons. The predicted octanol–water partition coefficient (Wildman–Crippen LogP) is 3.02. The average molecular weight is 271 g/mol. The molecular formula is C16H17NO3. The van der Waals surface area contributed by atoms with E-state index in [1.807, 2.05) is 6.07 Å². The monoisotopic (exact) mass is 271 g/mol. The van der Waals surface area contributed by atoms with Gasteiger partial charge in [0.1, 0.15) is 5.76 Å². The molecule has 4 heteroatoms. The van der Waals surface area contributed by atoms with E-state index in [2.05, 4.69) is 33.9 Å². The van der Waals surface area contributed by atoms with Crippen molar-refractivity contribution in [2.75, 3.05) is 18.6 Å². The molecule has 4 nitrogen and oxygen atoms in total. The van der Waals surface area contributed by atoms with Crippen LogP contribution in [0.15, 0.2) is 40.8 Å². The van der Waals surface area contributed by atoms with E-state index < -0.39 is 5.97 Å². The molecule has 2 heterocycles. The Morgan fingerprint density at radius 3 is 3.00 bits per heavy atom. The number of carbonyl (C=O) groups excluding carboxylic acids is 1. The van der Waals surface area contributed by atoms with E-state index in [0.29, 0.717) is 6.54 Å². The van der Waals surface area contributed by atoms with Gasteiger partial charge < -0.3 is 14.1 Å². The van der Waals surface area contributed by atoms with Gasteiger partial charge in [0, 0.05) is 12.2 Å². The molecule has 0 amide bonds. The minimum atomic E-state index is -0.435. The molecule has 0 fully saturated rings. The number of aryl methyl sites for hydroxylation is 1. The first kappa shape index (κ1) is 12.8. The molecule has 0 spiro atoms. The summed E-state index contributed by atoms with van der Waals surface area (Å²) in [4.78, 5) is 13.7. The van der Waals surface area contributed by atoms with E-state index in [0.717, 1.165) is 25.1 Å². The van der Waals surface area contributed by atoms with E-state index in [9.17, 15) is 4.79 Å². The molecule has 0 unspecified atom stereocenters. The van der Waals surface area contributed by atoms with Crippen molar-refractivity contribution in [2.45, 2.75) is 19.4 Å². The standard InChI is InChI=1S/C16H17NO3/c1-19-16(18)15-9-8-13(20-15)11-17-10-4-6-12-5-2-3-7-14(12)17/h2-3,5,7-9H,4,6,10-11H2,1H3. The zero-order valence-corrected chi connectivity index (χ0v) is 11.5. The van der Waals surface area contributed by atoms with Gasteiger partial charge in [-0.3, -0.25) is 0 Å². The van der Waals surface area contributed by atoms with E-state index in [4.69, 9.17) is 4.42 Å². The highest BCUT2D eigenvalue weighted by Gasteiger charge is 2.18. The van der Waals surface area contributed by atoms with Crippen LogP contribution in [0.2, 0.25) is 0 Å². The predicted molar refractivity (Wildman–Crippen MR) is 75.9 cm³/mol. The molecule has 1 aromatic heterocycles. The van der Waals surface area contributed by atoms with Gasteiger partial charge in [0.2, 0.25) is 5.76 Å². The molecule has 1 aliphatic rings. The normalized spacial score (nSPS) is 13.9. The number of para-hydroxylation sites is 1. The van der Waals surface area contributed by atoms with Gasteiger partial charge in [0.05, 0.1) is 13.7 Å². The number of carbonyl (C=O) groups is 1. The number of ether oxygens (including phenoxy) is 1. The van der Waals surface area contributed by atoms with Crippen molar-refractivity contribution in [3.63, 3.8) is 0 Å². The summed E-state index contributed by atoms with van der Waals surface area (Å²) in [6.07, 6.45) is 2.26. The summed E-state index contributed by atoms with van der Waals surface area (Å²) in [5.74, 6) is 0.602. The number of rotatable bonds is 3. The summed E-state index contributed by atoms with van der Waals surface area (Å²) in [5, 5.41) is 0. The maximum absolute atomic E-state index is 11.4. The second kappa shape index (κ2) is 5.41. The number of hydrogen-bond acceptors (Lipinski definition) is 4. The van der Waals surface area contributed by atoms with Gasteiger partial charge in [-0.2, -0.15) is 0 Å². The topological polar surface area (TPSA) is 42.7 Å². The fourth-order valence-electron chi connectivity index (χ4n) is 2.64. The van der Waals surface area contributed by atoms with Crippen LogP contribution in [0.1, 0.15) is 28.3 Å². The summed E-state index contributed by atoms with van der Waals surface area (Å²) in [6.45, 7) is 1.68. The third kappa shape index (κ3) is 2.41.